The molecule has 1 unspecified atom stereocenters. The predicted molar refractivity (Wildman–Crippen MR) is 97.7 cm³/mol. The number of amides is 1. The zero-order valence-electron chi connectivity index (χ0n) is 12.2. The minimum atomic E-state index is -1.09. The minimum absolute atomic E-state index is 0.213. The summed E-state index contributed by atoms with van der Waals surface area (Å²) >= 11 is 18.4. The highest BCUT2D eigenvalue weighted by Gasteiger charge is 2.41. The van der Waals surface area contributed by atoms with Crippen molar-refractivity contribution >= 4 is 69.5 Å². The predicted octanol–water partition coefficient (Wildman–Crippen LogP) is 4.30. The highest BCUT2D eigenvalue weighted by atomic mass is 35.5. The van der Waals surface area contributed by atoms with Crippen molar-refractivity contribution in [2.75, 3.05) is 0 Å². The molecule has 1 aromatic rings. The zero-order chi connectivity index (χ0) is 17.3. The smallest absolute Gasteiger partial charge is 0.327 e. The Morgan fingerprint density at radius 1 is 1.35 bits per heavy atom. The lowest BCUT2D eigenvalue weighted by molar-refractivity contribution is -0.146. The van der Waals surface area contributed by atoms with E-state index < -0.39 is 17.9 Å². The Bertz CT molecular complexity index is 698. The molecular weight excluding hydrogens is 377 g/mol. The van der Waals surface area contributed by atoms with Gasteiger partial charge in [0.05, 0.1) is 4.91 Å². The van der Waals surface area contributed by atoms with Crippen molar-refractivity contribution < 1.29 is 14.7 Å². The summed E-state index contributed by atoms with van der Waals surface area (Å²) in [4.78, 5) is 25.5. The van der Waals surface area contributed by atoms with Crippen molar-refractivity contribution in [2.45, 2.75) is 19.9 Å². The van der Waals surface area contributed by atoms with Gasteiger partial charge in [-0.25, -0.2) is 4.79 Å². The fourth-order valence-corrected chi connectivity index (χ4v) is 4.01. The summed E-state index contributed by atoms with van der Waals surface area (Å²) in [6.45, 7) is 3.46. The number of carbonyl (C=O) groups is 2. The van der Waals surface area contributed by atoms with Crippen LogP contribution in [0.5, 0.6) is 0 Å². The van der Waals surface area contributed by atoms with Crippen molar-refractivity contribution in [3.63, 3.8) is 0 Å². The van der Waals surface area contributed by atoms with E-state index in [-0.39, 0.29) is 10.2 Å². The van der Waals surface area contributed by atoms with E-state index in [1.54, 1.807) is 38.1 Å². The van der Waals surface area contributed by atoms with Gasteiger partial charge in [0, 0.05) is 15.6 Å². The molecule has 4 nitrogen and oxygen atoms in total. The van der Waals surface area contributed by atoms with Gasteiger partial charge in [0.1, 0.15) is 10.4 Å². The van der Waals surface area contributed by atoms with E-state index in [0.717, 1.165) is 16.7 Å². The van der Waals surface area contributed by atoms with Gasteiger partial charge in [-0.2, -0.15) is 0 Å². The standard InChI is InChI=1S/C15H13Cl2NO3S2/c1-7(2)12(14(20)21)18-13(19)11(23-15(18)22)6-8-9(16)4-3-5-10(8)17/h3-7,12H,1-2H3,(H,20,21)/b11-6-. The molecule has 1 N–H and O–H groups in total. The van der Waals surface area contributed by atoms with Crippen LogP contribution in [0.1, 0.15) is 19.4 Å². The SMILES string of the molecule is CC(C)C(C(=O)O)N1C(=O)/C(=C/c2c(Cl)cccc2Cl)SC1=S. The van der Waals surface area contributed by atoms with Crippen molar-refractivity contribution in [1.29, 1.82) is 0 Å². The number of thiocarbonyl (C=S) groups is 1. The molecule has 0 spiro atoms. The second-order valence-electron chi connectivity index (χ2n) is 5.21. The third-order valence-corrected chi connectivity index (χ3v) is 5.25. The first kappa shape index (κ1) is 18.3. The Balaban J connectivity index is 2.42. The third kappa shape index (κ3) is 3.71. The van der Waals surface area contributed by atoms with E-state index >= 15 is 0 Å². The van der Waals surface area contributed by atoms with Gasteiger partial charge in [-0.05, 0) is 24.1 Å². The molecule has 1 aromatic carbocycles. The number of carbonyl (C=O) groups excluding carboxylic acids is 1. The quantitative estimate of drug-likeness (QED) is 0.614. The van der Waals surface area contributed by atoms with Crippen LogP contribution in [0.3, 0.4) is 0 Å². The highest BCUT2D eigenvalue weighted by Crippen LogP contribution is 2.37. The largest absolute Gasteiger partial charge is 0.480 e. The van der Waals surface area contributed by atoms with Gasteiger partial charge in [-0.1, -0.05) is 67.1 Å². The maximum atomic E-state index is 12.6. The molecule has 1 aliphatic rings. The van der Waals surface area contributed by atoms with E-state index in [9.17, 15) is 14.7 Å². The zero-order valence-corrected chi connectivity index (χ0v) is 15.4. The van der Waals surface area contributed by atoms with Crippen LogP contribution in [0.4, 0.5) is 0 Å². The molecular formula is C15H13Cl2NO3S2. The van der Waals surface area contributed by atoms with Gasteiger partial charge in [0.25, 0.3) is 5.91 Å². The second-order valence-corrected chi connectivity index (χ2v) is 7.70. The number of hydrogen-bond acceptors (Lipinski definition) is 4. The monoisotopic (exact) mass is 389 g/mol. The average Bonchev–Trinajstić information content (AvgIpc) is 2.70. The molecule has 1 fully saturated rings. The maximum Gasteiger partial charge on any atom is 0.327 e. The molecule has 122 valence electrons. The first-order valence-corrected chi connectivity index (χ1v) is 8.66. The molecule has 8 heteroatoms. The van der Waals surface area contributed by atoms with Crippen molar-refractivity contribution in [1.82, 2.24) is 4.90 Å². The van der Waals surface area contributed by atoms with Crippen LogP contribution in [0.15, 0.2) is 23.1 Å². The summed E-state index contributed by atoms with van der Waals surface area (Å²) in [5.74, 6) is -1.82. The van der Waals surface area contributed by atoms with Gasteiger partial charge < -0.3 is 5.11 Å². The summed E-state index contributed by atoms with van der Waals surface area (Å²) in [5, 5.41) is 10.2. The topological polar surface area (TPSA) is 57.6 Å². The molecule has 1 aliphatic heterocycles. The van der Waals surface area contributed by atoms with Gasteiger partial charge in [-0.3, -0.25) is 9.69 Å². The van der Waals surface area contributed by atoms with Crippen LogP contribution in [-0.4, -0.2) is 32.2 Å². The Hall–Kier alpha value is -1.08. The number of rotatable bonds is 4. The molecule has 0 aromatic heterocycles. The van der Waals surface area contributed by atoms with Gasteiger partial charge >= 0.3 is 5.97 Å². The molecule has 23 heavy (non-hydrogen) atoms. The summed E-state index contributed by atoms with van der Waals surface area (Å²) < 4.78 is 0.213. The van der Waals surface area contributed by atoms with E-state index in [2.05, 4.69) is 0 Å². The molecule has 1 heterocycles. The Morgan fingerprint density at radius 3 is 2.39 bits per heavy atom. The number of hydrogen-bond donors (Lipinski definition) is 1. The number of nitrogens with zero attached hydrogens (tertiary/aromatic N) is 1. The Labute approximate surface area is 153 Å². The normalized spacial score (nSPS) is 18.1. The second kappa shape index (κ2) is 7.21. The lowest BCUT2D eigenvalue weighted by atomic mass is 10.0. The van der Waals surface area contributed by atoms with Crippen LogP contribution in [0.25, 0.3) is 6.08 Å². The van der Waals surface area contributed by atoms with Gasteiger partial charge in [-0.15, -0.1) is 0 Å². The Morgan fingerprint density at radius 2 is 1.91 bits per heavy atom. The molecule has 0 radical (unpaired) electrons. The summed E-state index contributed by atoms with van der Waals surface area (Å²) in [6, 6.07) is 4.02. The molecule has 1 atom stereocenters. The maximum absolute atomic E-state index is 12.6. The Kier molecular flexibility index (Phi) is 5.73. The van der Waals surface area contributed by atoms with E-state index in [1.165, 1.54) is 0 Å². The molecule has 0 bridgehead atoms. The number of carboxylic acid groups (broad SMARTS) is 1. The molecule has 1 amide bonds. The van der Waals surface area contributed by atoms with Crippen molar-refractivity contribution in [2.24, 2.45) is 5.92 Å². The lowest BCUT2D eigenvalue weighted by Crippen LogP contribution is -2.47. The van der Waals surface area contributed by atoms with Crippen LogP contribution in [-0.2, 0) is 9.59 Å². The minimum Gasteiger partial charge on any atom is -0.480 e. The molecule has 2 rings (SSSR count). The third-order valence-electron chi connectivity index (χ3n) is 3.26. The van der Waals surface area contributed by atoms with Crippen LogP contribution >= 0.6 is 47.2 Å². The molecule has 0 saturated carbocycles. The fraction of sp³-hybridized carbons (Fsp3) is 0.267. The van der Waals surface area contributed by atoms with E-state index in [1.807, 2.05) is 0 Å². The highest BCUT2D eigenvalue weighted by molar-refractivity contribution is 8.26. The van der Waals surface area contributed by atoms with Gasteiger partial charge in [0.2, 0.25) is 0 Å². The number of aliphatic carboxylic acids is 1. The first-order chi connectivity index (χ1) is 10.7. The lowest BCUT2D eigenvalue weighted by Gasteiger charge is -2.26. The first-order valence-electron chi connectivity index (χ1n) is 6.68. The summed E-state index contributed by atoms with van der Waals surface area (Å²) in [6.07, 6.45) is 1.54. The van der Waals surface area contributed by atoms with Crippen LogP contribution < -0.4 is 0 Å². The molecule has 1 saturated heterocycles. The molecule has 0 aliphatic carbocycles. The number of carboxylic acids is 1. The summed E-state index contributed by atoms with van der Waals surface area (Å²) in [7, 11) is 0. The van der Waals surface area contributed by atoms with Crippen molar-refractivity contribution in [3.8, 4) is 0 Å². The van der Waals surface area contributed by atoms with Crippen molar-refractivity contribution in [3.05, 3.63) is 38.7 Å². The van der Waals surface area contributed by atoms with Crippen LogP contribution in [0.2, 0.25) is 10.0 Å². The van der Waals surface area contributed by atoms with Crippen LogP contribution in [0, 0.1) is 5.92 Å². The average molecular weight is 390 g/mol. The fourth-order valence-electron chi connectivity index (χ4n) is 2.19. The number of halogens is 2. The van der Waals surface area contributed by atoms with Gasteiger partial charge in [0.15, 0.2) is 0 Å². The summed E-state index contributed by atoms with van der Waals surface area (Å²) in [5.41, 5.74) is 0.507. The number of benzene rings is 1. The van der Waals surface area contributed by atoms with E-state index in [4.69, 9.17) is 35.4 Å². The number of thioether (sulfide) groups is 1. The van der Waals surface area contributed by atoms with E-state index in [0.29, 0.717) is 20.5 Å².